The number of rotatable bonds is 7. The smallest absolute Gasteiger partial charge is 0.291 e. The number of halogens is 2. The highest BCUT2D eigenvalue weighted by Gasteiger charge is 2.47. The molecule has 1 aromatic carbocycles. The molecule has 3 aromatic rings. The molecule has 1 aliphatic heterocycles. The topological polar surface area (TPSA) is 146 Å². The van der Waals surface area contributed by atoms with Gasteiger partial charge in [0.2, 0.25) is 21.1 Å². The molecule has 2 fully saturated rings. The Kier molecular flexibility index (Phi) is 5.26. The van der Waals surface area contributed by atoms with E-state index in [4.69, 9.17) is 0 Å². The Balaban J connectivity index is 1.61. The van der Waals surface area contributed by atoms with Crippen LogP contribution in [0.1, 0.15) is 24.3 Å². The van der Waals surface area contributed by atoms with Gasteiger partial charge in [0.1, 0.15) is 5.54 Å². The highest BCUT2D eigenvalue weighted by Crippen LogP contribution is 2.39. The Bertz CT molecular complexity index is 1440. The first kappa shape index (κ1) is 22.6. The molecule has 2 aliphatic rings. The van der Waals surface area contributed by atoms with Gasteiger partial charge in [-0.15, -0.1) is 10.2 Å². The first-order chi connectivity index (χ1) is 16.2. The van der Waals surface area contributed by atoms with Gasteiger partial charge in [-0.2, -0.15) is 15.1 Å². The van der Waals surface area contributed by atoms with Crippen molar-refractivity contribution >= 4 is 43.9 Å². The van der Waals surface area contributed by atoms with E-state index in [0.29, 0.717) is 53.9 Å². The molecule has 1 aliphatic carbocycles. The first-order valence-electron chi connectivity index (χ1n) is 10.2. The third kappa shape index (κ3) is 3.77. The van der Waals surface area contributed by atoms with E-state index in [-0.39, 0.29) is 21.9 Å². The van der Waals surface area contributed by atoms with Crippen molar-refractivity contribution in [2.24, 2.45) is 5.92 Å². The summed E-state index contributed by atoms with van der Waals surface area (Å²) in [4.78, 5) is 13.7. The first-order valence-corrected chi connectivity index (χ1v) is 12.5. The van der Waals surface area contributed by atoms with E-state index >= 15 is 0 Å². The molecule has 0 radical (unpaired) electrons. The summed E-state index contributed by atoms with van der Waals surface area (Å²) in [6, 6.07) is 4.82. The highest BCUT2D eigenvalue weighted by molar-refractivity contribution is 7.89. The molecule has 34 heavy (non-hydrogen) atoms. The zero-order valence-corrected chi connectivity index (χ0v) is 19.3. The van der Waals surface area contributed by atoms with Gasteiger partial charge in [0.05, 0.1) is 28.6 Å². The quantitative estimate of drug-likeness (QED) is 0.486. The molecule has 1 amide bonds. The van der Waals surface area contributed by atoms with Gasteiger partial charge in [0, 0.05) is 31.2 Å². The lowest BCUT2D eigenvalue weighted by Crippen LogP contribution is -2.53. The van der Waals surface area contributed by atoms with Gasteiger partial charge in [0.15, 0.2) is 5.01 Å². The summed E-state index contributed by atoms with van der Waals surface area (Å²) in [7, 11) is -2.54. The SMILES string of the molecule is CNC(=O)C1CN(c2cc(S(=O)(=O)NC3(C#N)CC3)cc3c2cnn3-c2nnc(C(F)F)s2)C1. The van der Waals surface area contributed by atoms with Crippen molar-refractivity contribution in [1.29, 1.82) is 5.26 Å². The highest BCUT2D eigenvalue weighted by atomic mass is 32.2. The average Bonchev–Trinajstić information content (AvgIpc) is 3.17. The van der Waals surface area contributed by atoms with Crippen molar-refractivity contribution in [2.45, 2.75) is 29.7 Å². The maximum absolute atomic E-state index is 13.2. The number of nitrogens with zero attached hydrogens (tertiary/aromatic N) is 6. The molecule has 0 unspecified atom stereocenters. The maximum Gasteiger partial charge on any atom is 0.291 e. The van der Waals surface area contributed by atoms with Crippen LogP contribution in [-0.2, 0) is 14.8 Å². The molecule has 1 saturated carbocycles. The number of amides is 1. The van der Waals surface area contributed by atoms with Crippen LogP contribution in [0.25, 0.3) is 16.0 Å². The van der Waals surface area contributed by atoms with Crippen LogP contribution in [0.4, 0.5) is 14.5 Å². The number of carbonyl (C=O) groups is 1. The number of aromatic nitrogens is 4. The number of fused-ring (bicyclic) bond motifs is 1. The Morgan fingerprint density at radius 3 is 2.65 bits per heavy atom. The van der Waals surface area contributed by atoms with Crippen LogP contribution in [0.5, 0.6) is 0 Å². The van der Waals surface area contributed by atoms with Crippen molar-refractivity contribution < 1.29 is 22.0 Å². The van der Waals surface area contributed by atoms with Crippen molar-refractivity contribution in [1.82, 2.24) is 30.0 Å². The number of hydrogen-bond acceptors (Lipinski definition) is 9. The van der Waals surface area contributed by atoms with E-state index in [1.54, 1.807) is 7.05 Å². The fourth-order valence-corrected chi connectivity index (χ4v) is 5.86. The molecule has 15 heteroatoms. The van der Waals surface area contributed by atoms with Gasteiger partial charge in [-0.05, 0) is 25.0 Å². The molecule has 5 rings (SSSR count). The third-order valence-corrected chi connectivity index (χ3v) is 8.30. The maximum atomic E-state index is 13.2. The second-order valence-electron chi connectivity index (χ2n) is 8.17. The number of alkyl halides is 2. The van der Waals surface area contributed by atoms with Gasteiger partial charge in [-0.1, -0.05) is 11.3 Å². The van der Waals surface area contributed by atoms with Crippen molar-refractivity contribution in [3.63, 3.8) is 0 Å². The number of sulfonamides is 1. The van der Waals surface area contributed by atoms with E-state index in [0.717, 1.165) is 0 Å². The number of nitriles is 1. The van der Waals surface area contributed by atoms with E-state index in [9.17, 15) is 27.3 Å². The average molecular weight is 509 g/mol. The predicted octanol–water partition coefficient (Wildman–Crippen LogP) is 1.33. The van der Waals surface area contributed by atoms with Crippen molar-refractivity contribution in [2.75, 3.05) is 25.0 Å². The molecule has 11 nitrogen and oxygen atoms in total. The number of nitrogens with one attached hydrogen (secondary N) is 2. The molecule has 178 valence electrons. The Morgan fingerprint density at radius 1 is 1.32 bits per heavy atom. The van der Waals surface area contributed by atoms with Crippen LogP contribution in [0.15, 0.2) is 23.2 Å². The van der Waals surface area contributed by atoms with E-state index in [1.165, 1.54) is 23.0 Å². The lowest BCUT2D eigenvalue weighted by atomic mass is 9.97. The molecule has 0 bridgehead atoms. The number of carbonyl (C=O) groups excluding carboxylic acids is 1. The van der Waals surface area contributed by atoms with Crippen molar-refractivity contribution in [3.8, 4) is 11.2 Å². The normalized spacial score (nSPS) is 17.6. The zero-order valence-electron chi connectivity index (χ0n) is 17.7. The Labute approximate surface area is 196 Å². The lowest BCUT2D eigenvalue weighted by molar-refractivity contribution is -0.125. The van der Waals surface area contributed by atoms with Crippen LogP contribution in [-0.4, -0.2) is 60.0 Å². The lowest BCUT2D eigenvalue weighted by Gasteiger charge is -2.40. The molecular formula is C19H18F2N8O3S2. The predicted molar refractivity (Wildman–Crippen MR) is 117 cm³/mol. The summed E-state index contributed by atoms with van der Waals surface area (Å²) in [6.45, 7) is 0.737. The molecular weight excluding hydrogens is 490 g/mol. The Morgan fingerprint density at radius 2 is 2.06 bits per heavy atom. The second kappa shape index (κ2) is 7.93. The molecule has 0 atom stereocenters. The van der Waals surface area contributed by atoms with Crippen LogP contribution in [0, 0.1) is 17.2 Å². The van der Waals surface area contributed by atoms with Crippen molar-refractivity contribution in [3.05, 3.63) is 23.3 Å². The van der Waals surface area contributed by atoms with Gasteiger partial charge < -0.3 is 10.2 Å². The van der Waals surface area contributed by atoms with Gasteiger partial charge in [-0.25, -0.2) is 21.9 Å². The van der Waals surface area contributed by atoms with E-state index in [1.807, 2.05) is 11.0 Å². The number of benzene rings is 1. The number of anilines is 1. The van der Waals surface area contributed by atoms with E-state index in [2.05, 4.69) is 25.3 Å². The van der Waals surface area contributed by atoms with E-state index < -0.39 is 27.0 Å². The summed E-state index contributed by atoms with van der Waals surface area (Å²) >= 11 is 0.645. The summed E-state index contributed by atoms with van der Waals surface area (Å²) < 4.78 is 56.1. The minimum absolute atomic E-state index is 0.0568. The summed E-state index contributed by atoms with van der Waals surface area (Å²) in [5.74, 6) is -0.370. The fraction of sp³-hybridized carbons (Fsp3) is 0.421. The van der Waals surface area contributed by atoms with Gasteiger partial charge in [0.25, 0.3) is 6.43 Å². The standard InChI is InChI=1S/C19H18F2N8O3S2/c1-23-16(30)10-7-28(8-10)13-4-11(34(31,32)27-19(9-22)2-3-19)5-14-12(13)6-24-29(14)18-26-25-17(33-18)15(20)21/h4-6,10,15,27H,2-3,7-8H2,1H3,(H,23,30). The zero-order chi connectivity index (χ0) is 24.3. The summed E-state index contributed by atoms with van der Waals surface area (Å²) in [5, 5.41) is 23.6. The Hall–Kier alpha value is -3.22. The summed E-state index contributed by atoms with van der Waals surface area (Å²) in [6.07, 6.45) is -0.483. The van der Waals surface area contributed by atoms with Gasteiger partial charge in [-0.3, -0.25) is 4.79 Å². The van der Waals surface area contributed by atoms with Gasteiger partial charge >= 0.3 is 0 Å². The molecule has 1 saturated heterocycles. The molecule has 3 heterocycles. The minimum Gasteiger partial charge on any atom is -0.369 e. The fourth-order valence-electron chi connectivity index (χ4n) is 3.78. The molecule has 0 spiro atoms. The molecule has 2 N–H and O–H groups in total. The summed E-state index contributed by atoms with van der Waals surface area (Å²) in [5.41, 5.74) is -0.287. The monoisotopic (exact) mass is 508 g/mol. The minimum atomic E-state index is -4.09. The largest absolute Gasteiger partial charge is 0.369 e. The second-order valence-corrected chi connectivity index (χ2v) is 10.8. The number of hydrogen-bond donors (Lipinski definition) is 2. The molecule has 2 aromatic heterocycles. The third-order valence-electron chi connectivity index (χ3n) is 5.88. The van der Waals surface area contributed by atoms with Crippen LogP contribution >= 0.6 is 11.3 Å². The van der Waals surface area contributed by atoms with Crippen LogP contribution in [0.2, 0.25) is 0 Å². The van der Waals surface area contributed by atoms with Crippen LogP contribution < -0.4 is 14.9 Å². The van der Waals surface area contributed by atoms with Crippen LogP contribution in [0.3, 0.4) is 0 Å².